The number of hydrogen-bond donors (Lipinski definition) is 2. The number of carbonyl (C=O) groups is 2. The van der Waals surface area contributed by atoms with Crippen LogP contribution in [0.15, 0.2) is 53.0 Å². The molecule has 5 nitrogen and oxygen atoms in total. The highest BCUT2D eigenvalue weighted by atomic mass is 79.9. The third-order valence-electron chi connectivity index (χ3n) is 4.95. The first-order valence-electron chi connectivity index (χ1n) is 9.15. The van der Waals surface area contributed by atoms with Crippen molar-refractivity contribution in [2.24, 2.45) is 5.92 Å². The summed E-state index contributed by atoms with van der Waals surface area (Å²) in [6.45, 7) is -0.0572. The summed E-state index contributed by atoms with van der Waals surface area (Å²) < 4.78 is 6.64. The van der Waals surface area contributed by atoms with Crippen molar-refractivity contribution in [1.29, 1.82) is 0 Å². The van der Waals surface area contributed by atoms with Gasteiger partial charge in [0, 0.05) is 22.1 Å². The molecular weight excluding hydrogens is 408 g/mol. The molecule has 2 saturated carbocycles. The second-order valence-corrected chi connectivity index (χ2v) is 8.13. The van der Waals surface area contributed by atoms with Crippen LogP contribution in [0.25, 0.3) is 0 Å². The maximum atomic E-state index is 12.4. The largest absolute Gasteiger partial charge is 0.484 e. The normalized spacial score (nSPS) is 17.1. The first-order valence-corrected chi connectivity index (χ1v) is 9.94. The monoisotopic (exact) mass is 428 g/mol. The van der Waals surface area contributed by atoms with Gasteiger partial charge in [0.15, 0.2) is 6.61 Å². The van der Waals surface area contributed by atoms with Gasteiger partial charge in [0.25, 0.3) is 5.91 Å². The Balaban J connectivity index is 1.31. The summed E-state index contributed by atoms with van der Waals surface area (Å²) >= 11 is 3.43. The van der Waals surface area contributed by atoms with Gasteiger partial charge in [-0.15, -0.1) is 0 Å². The van der Waals surface area contributed by atoms with Gasteiger partial charge in [0.05, 0.1) is 5.54 Å². The minimum Gasteiger partial charge on any atom is -0.484 e. The lowest BCUT2D eigenvalue weighted by atomic mass is 10.1. The molecule has 0 aliphatic heterocycles. The molecule has 0 radical (unpaired) electrons. The summed E-state index contributed by atoms with van der Waals surface area (Å²) in [5, 5.41) is 5.98. The molecule has 2 amide bonds. The fourth-order valence-corrected chi connectivity index (χ4v) is 3.35. The molecule has 2 aliphatic carbocycles. The molecule has 140 valence electrons. The lowest BCUT2D eigenvalue weighted by Crippen LogP contribution is -2.38. The number of nitrogens with one attached hydrogen (secondary N) is 2. The third-order valence-corrected chi connectivity index (χ3v) is 5.47. The minimum atomic E-state index is -0.263. The molecule has 2 fully saturated rings. The van der Waals surface area contributed by atoms with E-state index in [4.69, 9.17) is 4.74 Å². The van der Waals surface area contributed by atoms with Gasteiger partial charge in [0.2, 0.25) is 5.91 Å². The number of halogens is 1. The van der Waals surface area contributed by atoms with Crippen molar-refractivity contribution < 1.29 is 14.3 Å². The first-order chi connectivity index (χ1) is 13.0. The molecule has 0 bridgehead atoms. The van der Waals surface area contributed by atoms with E-state index < -0.39 is 0 Å². The van der Waals surface area contributed by atoms with Gasteiger partial charge < -0.3 is 15.4 Å². The number of carbonyl (C=O) groups excluding carboxylic acids is 2. The van der Waals surface area contributed by atoms with Gasteiger partial charge in [-0.25, -0.2) is 0 Å². The first kappa shape index (κ1) is 18.0. The zero-order chi connectivity index (χ0) is 18.9. The summed E-state index contributed by atoms with van der Waals surface area (Å²) in [7, 11) is 0. The maximum Gasteiger partial charge on any atom is 0.258 e. The van der Waals surface area contributed by atoms with Crippen molar-refractivity contribution >= 4 is 33.4 Å². The number of benzene rings is 2. The van der Waals surface area contributed by atoms with Crippen molar-refractivity contribution in [3.05, 3.63) is 58.6 Å². The van der Waals surface area contributed by atoms with Gasteiger partial charge in [-0.2, -0.15) is 0 Å². The maximum absolute atomic E-state index is 12.4. The quantitative estimate of drug-likeness (QED) is 0.700. The molecule has 2 N–H and O–H groups in total. The molecule has 2 aromatic rings. The number of ether oxygens (including phenoxy) is 1. The molecule has 0 unspecified atom stereocenters. The Hall–Kier alpha value is -2.34. The Morgan fingerprint density at radius 1 is 1.11 bits per heavy atom. The number of anilines is 1. The van der Waals surface area contributed by atoms with Crippen molar-refractivity contribution in [1.82, 2.24) is 5.32 Å². The van der Waals surface area contributed by atoms with E-state index in [1.807, 2.05) is 30.3 Å². The predicted molar refractivity (Wildman–Crippen MR) is 106 cm³/mol. The van der Waals surface area contributed by atoms with Crippen LogP contribution in [0.2, 0.25) is 0 Å². The SMILES string of the molecule is O=C(COc1cccc(NC(=O)C2CC2)c1)NC1(c2ccc(Br)cc2)CC1. The van der Waals surface area contributed by atoms with Crippen molar-refractivity contribution in [3.63, 3.8) is 0 Å². The van der Waals surface area contributed by atoms with Crippen LogP contribution in [0.5, 0.6) is 5.75 Å². The van der Waals surface area contributed by atoms with E-state index in [0.717, 1.165) is 35.7 Å². The molecule has 0 spiro atoms. The highest BCUT2D eigenvalue weighted by Gasteiger charge is 2.45. The molecule has 4 rings (SSSR count). The van der Waals surface area contributed by atoms with Gasteiger partial charge in [0.1, 0.15) is 5.75 Å². The zero-order valence-corrected chi connectivity index (χ0v) is 16.4. The third kappa shape index (κ3) is 4.50. The van der Waals surface area contributed by atoms with E-state index in [0.29, 0.717) is 11.4 Å². The van der Waals surface area contributed by atoms with Crippen LogP contribution in [0.3, 0.4) is 0 Å². The summed E-state index contributed by atoms with van der Waals surface area (Å²) in [5.74, 6) is 0.610. The highest BCUT2D eigenvalue weighted by molar-refractivity contribution is 9.10. The Morgan fingerprint density at radius 3 is 2.52 bits per heavy atom. The van der Waals surface area contributed by atoms with Crippen LogP contribution in [0.1, 0.15) is 31.2 Å². The predicted octanol–water partition coefficient (Wildman–Crippen LogP) is 3.98. The van der Waals surface area contributed by atoms with Gasteiger partial charge in [-0.3, -0.25) is 9.59 Å². The fraction of sp³-hybridized carbons (Fsp3) is 0.333. The summed E-state index contributed by atoms with van der Waals surface area (Å²) in [6, 6.07) is 15.2. The van der Waals surface area contributed by atoms with E-state index in [1.165, 1.54) is 0 Å². The van der Waals surface area contributed by atoms with Crippen molar-refractivity contribution in [2.75, 3.05) is 11.9 Å². The fourth-order valence-electron chi connectivity index (χ4n) is 3.09. The van der Waals surface area contributed by atoms with Crippen LogP contribution in [0, 0.1) is 5.92 Å². The number of hydrogen-bond acceptors (Lipinski definition) is 3. The molecule has 2 aromatic carbocycles. The van der Waals surface area contributed by atoms with E-state index in [1.54, 1.807) is 18.2 Å². The van der Waals surface area contributed by atoms with E-state index in [9.17, 15) is 9.59 Å². The number of amides is 2. The van der Waals surface area contributed by atoms with Gasteiger partial charge >= 0.3 is 0 Å². The Morgan fingerprint density at radius 2 is 1.85 bits per heavy atom. The molecule has 0 aromatic heterocycles. The molecule has 27 heavy (non-hydrogen) atoms. The summed E-state index contributed by atoms with van der Waals surface area (Å²) in [6.07, 6.45) is 3.79. The Kier molecular flexibility index (Phi) is 4.91. The Labute approximate surface area is 166 Å². The van der Waals surface area contributed by atoms with E-state index >= 15 is 0 Å². The molecule has 0 heterocycles. The van der Waals surface area contributed by atoms with Crippen LogP contribution >= 0.6 is 15.9 Å². The van der Waals surface area contributed by atoms with Gasteiger partial charge in [-0.1, -0.05) is 34.1 Å². The second-order valence-electron chi connectivity index (χ2n) is 7.22. The van der Waals surface area contributed by atoms with Gasteiger partial charge in [-0.05, 0) is 55.5 Å². The lowest BCUT2D eigenvalue weighted by molar-refractivity contribution is -0.124. The molecule has 2 aliphatic rings. The van der Waals surface area contributed by atoms with E-state index in [-0.39, 0.29) is 29.9 Å². The lowest BCUT2D eigenvalue weighted by Gasteiger charge is -2.18. The minimum absolute atomic E-state index is 0.0510. The van der Waals surface area contributed by atoms with Crippen LogP contribution in [0.4, 0.5) is 5.69 Å². The highest BCUT2D eigenvalue weighted by Crippen LogP contribution is 2.45. The Bertz CT molecular complexity index is 858. The topological polar surface area (TPSA) is 67.4 Å². The summed E-state index contributed by atoms with van der Waals surface area (Å²) in [4.78, 5) is 24.2. The van der Waals surface area contributed by atoms with Crippen molar-refractivity contribution in [2.45, 2.75) is 31.2 Å². The smallest absolute Gasteiger partial charge is 0.258 e. The second kappa shape index (κ2) is 7.35. The molecule has 0 saturated heterocycles. The zero-order valence-electron chi connectivity index (χ0n) is 14.8. The van der Waals surface area contributed by atoms with Crippen LogP contribution < -0.4 is 15.4 Å². The van der Waals surface area contributed by atoms with E-state index in [2.05, 4.69) is 26.6 Å². The van der Waals surface area contributed by atoms with Crippen LogP contribution in [-0.2, 0) is 15.1 Å². The van der Waals surface area contributed by atoms with Crippen LogP contribution in [-0.4, -0.2) is 18.4 Å². The average molecular weight is 429 g/mol. The molecule has 0 atom stereocenters. The number of rotatable bonds is 7. The molecule has 6 heteroatoms. The molecular formula is C21H21BrN2O3. The van der Waals surface area contributed by atoms with Crippen molar-refractivity contribution in [3.8, 4) is 5.75 Å². The standard InChI is InChI=1S/C21H21BrN2O3/c22-16-8-6-15(7-9-16)21(10-11-21)24-19(25)13-27-18-3-1-2-17(12-18)23-20(26)14-4-5-14/h1-3,6-9,12,14H,4-5,10-11,13H2,(H,23,26)(H,24,25). The average Bonchev–Trinajstić information content (AvgIpc) is 3.55. The summed E-state index contributed by atoms with van der Waals surface area (Å²) in [5.41, 5.74) is 1.54.